The lowest BCUT2D eigenvalue weighted by Gasteiger charge is -2.15. The first-order chi connectivity index (χ1) is 11.1. The van der Waals surface area contributed by atoms with Gasteiger partial charge in [-0.15, -0.1) is 0 Å². The topological polar surface area (TPSA) is 56.5 Å². The highest BCUT2D eigenvalue weighted by molar-refractivity contribution is 5.43. The Balaban J connectivity index is 1.81. The van der Waals surface area contributed by atoms with Crippen molar-refractivity contribution in [1.82, 2.24) is 5.32 Å². The van der Waals surface area contributed by atoms with Crippen molar-refractivity contribution >= 4 is 5.69 Å². The third-order valence-electron chi connectivity index (χ3n) is 3.88. The van der Waals surface area contributed by atoms with E-state index in [1.54, 1.807) is 14.2 Å². The fourth-order valence-electron chi connectivity index (χ4n) is 2.58. The third-order valence-corrected chi connectivity index (χ3v) is 3.88. The summed E-state index contributed by atoms with van der Waals surface area (Å²) in [4.78, 5) is 0. The molecule has 4 heteroatoms. The van der Waals surface area contributed by atoms with E-state index in [1.807, 2.05) is 24.3 Å². The van der Waals surface area contributed by atoms with E-state index >= 15 is 0 Å². The predicted octanol–water partition coefficient (Wildman–Crippen LogP) is 3.05. The van der Waals surface area contributed by atoms with Gasteiger partial charge in [-0.25, -0.2) is 0 Å². The summed E-state index contributed by atoms with van der Waals surface area (Å²) < 4.78 is 10.6. The number of rotatable bonds is 8. The molecule has 0 aliphatic rings. The molecule has 0 aliphatic carbocycles. The Morgan fingerprint density at radius 1 is 0.957 bits per heavy atom. The van der Waals surface area contributed by atoms with Crippen molar-refractivity contribution in [3.63, 3.8) is 0 Å². The van der Waals surface area contributed by atoms with Crippen LogP contribution < -0.4 is 20.5 Å². The Hall–Kier alpha value is -2.20. The molecule has 1 unspecified atom stereocenters. The number of methoxy groups -OCH3 is 2. The molecule has 2 aromatic rings. The van der Waals surface area contributed by atoms with Gasteiger partial charge in [-0.3, -0.25) is 0 Å². The second kappa shape index (κ2) is 8.44. The lowest BCUT2D eigenvalue weighted by molar-refractivity contribution is 0.354. The van der Waals surface area contributed by atoms with Gasteiger partial charge in [0.1, 0.15) is 0 Å². The summed E-state index contributed by atoms with van der Waals surface area (Å²) in [6.45, 7) is 3.12. The van der Waals surface area contributed by atoms with Crippen LogP contribution in [-0.4, -0.2) is 26.8 Å². The number of nitrogens with one attached hydrogen (secondary N) is 1. The SMILES string of the molecule is COc1ccc(CCNC(C)Cc2ccc(N)cc2)cc1OC. The standard InChI is InChI=1S/C19H26N2O2/c1-14(12-15-4-7-17(20)8-5-15)21-11-10-16-6-9-18(22-2)19(13-16)23-3/h4-9,13-14,21H,10-12,20H2,1-3H3. The molecule has 0 bridgehead atoms. The Kier molecular flexibility index (Phi) is 6.29. The van der Waals surface area contributed by atoms with Crippen molar-refractivity contribution in [1.29, 1.82) is 0 Å². The Morgan fingerprint density at radius 2 is 1.61 bits per heavy atom. The van der Waals surface area contributed by atoms with E-state index in [1.165, 1.54) is 11.1 Å². The second-order valence-corrected chi connectivity index (χ2v) is 5.74. The molecule has 0 amide bonds. The van der Waals surface area contributed by atoms with Crippen LogP contribution in [0.4, 0.5) is 5.69 Å². The summed E-state index contributed by atoms with van der Waals surface area (Å²) in [7, 11) is 3.31. The molecule has 2 aromatic carbocycles. The molecule has 0 heterocycles. The monoisotopic (exact) mass is 314 g/mol. The van der Waals surface area contributed by atoms with Gasteiger partial charge in [0.25, 0.3) is 0 Å². The van der Waals surface area contributed by atoms with Gasteiger partial charge in [-0.2, -0.15) is 0 Å². The average molecular weight is 314 g/mol. The van der Waals surface area contributed by atoms with Crippen molar-refractivity contribution in [3.05, 3.63) is 53.6 Å². The van der Waals surface area contributed by atoms with Crippen LogP contribution in [0.5, 0.6) is 11.5 Å². The number of nitrogen functional groups attached to an aromatic ring is 1. The lowest BCUT2D eigenvalue weighted by atomic mass is 10.1. The van der Waals surface area contributed by atoms with Crippen molar-refractivity contribution in [2.24, 2.45) is 0 Å². The molecule has 0 fully saturated rings. The summed E-state index contributed by atoms with van der Waals surface area (Å²) in [6, 6.07) is 14.5. The van der Waals surface area contributed by atoms with Crippen LogP contribution in [0.3, 0.4) is 0 Å². The van der Waals surface area contributed by atoms with Gasteiger partial charge in [0.2, 0.25) is 0 Å². The predicted molar refractivity (Wildman–Crippen MR) is 95.3 cm³/mol. The van der Waals surface area contributed by atoms with Gasteiger partial charge in [0, 0.05) is 11.7 Å². The number of benzene rings is 2. The Bertz CT molecular complexity index is 611. The van der Waals surface area contributed by atoms with Crippen molar-refractivity contribution in [2.45, 2.75) is 25.8 Å². The van der Waals surface area contributed by atoms with Gasteiger partial charge in [-0.1, -0.05) is 18.2 Å². The van der Waals surface area contributed by atoms with E-state index in [2.05, 4.69) is 30.4 Å². The van der Waals surface area contributed by atoms with E-state index in [4.69, 9.17) is 15.2 Å². The molecule has 0 spiro atoms. The van der Waals surface area contributed by atoms with Crippen LogP contribution in [0.15, 0.2) is 42.5 Å². The van der Waals surface area contributed by atoms with Crippen LogP contribution in [0.25, 0.3) is 0 Å². The molecular formula is C19H26N2O2. The molecule has 124 valence electrons. The zero-order valence-electron chi connectivity index (χ0n) is 14.1. The second-order valence-electron chi connectivity index (χ2n) is 5.74. The molecule has 0 aliphatic heterocycles. The molecule has 2 rings (SSSR count). The molecule has 0 saturated carbocycles. The maximum absolute atomic E-state index is 5.71. The zero-order valence-corrected chi connectivity index (χ0v) is 14.1. The first-order valence-corrected chi connectivity index (χ1v) is 7.91. The molecule has 0 aromatic heterocycles. The van der Waals surface area contributed by atoms with Crippen LogP contribution in [0.1, 0.15) is 18.1 Å². The maximum atomic E-state index is 5.71. The van der Waals surface area contributed by atoms with Gasteiger partial charge in [-0.05, 0) is 61.7 Å². The quantitative estimate of drug-likeness (QED) is 0.735. The summed E-state index contributed by atoms with van der Waals surface area (Å²) in [6.07, 6.45) is 1.94. The van der Waals surface area contributed by atoms with Gasteiger partial charge in [0.05, 0.1) is 14.2 Å². The van der Waals surface area contributed by atoms with E-state index in [9.17, 15) is 0 Å². The van der Waals surface area contributed by atoms with Crippen LogP contribution >= 0.6 is 0 Å². The number of hydrogen-bond donors (Lipinski definition) is 2. The highest BCUT2D eigenvalue weighted by atomic mass is 16.5. The molecule has 1 atom stereocenters. The van der Waals surface area contributed by atoms with Crippen molar-refractivity contribution in [2.75, 3.05) is 26.5 Å². The number of anilines is 1. The molecule has 0 saturated heterocycles. The van der Waals surface area contributed by atoms with Gasteiger partial charge in [0.15, 0.2) is 11.5 Å². The Labute approximate surface area is 138 Å². The zero-order chi connectivity index (χ0) is 16.7. The largest absolute Gasteiger partial charge is 0.493 e. The molecule has 4 nitrogen and oxygen atoms in total. The van der Waals surface area contributed by atoms with E-state index < -0.39 is 0 Å². The maximum Gasteiger partial charge on any atom is 0.160 e. The highest BCUT2D eigenvalue weighted by Crippen LogP contribution is 2.27. The third kappa shape index (κ3) is 5.18. The summed E-state index contributed by atoms with van der Waals surface area (Å²) in [5.74, 6) is 1.54. The fraction of sp³-hybridized carbons (Fsp3) is 0.368. The first-order valence-electron chi connectivity index (χ1n) is 7.91. The summed E-state index contributed by atoms with van der Waals surface area (Å²) in [5.41, 5.74) is 9.05. The fourth-order valence-corrected chi connectivity index (χ4v) is 2.58. The van der Waals surface area contributed by atoms with E-state index in [-0.39, 0.29) is 0 Å². The van der Waals surface area contributed by atoms with E-state index in [0.717, 1.165) is 36.6 Å². The lowest BCUT2D eigenvalue weighted by Crippen LogP contribution is -2.29. The van der Waals surface area contributed by atoms with Gasteiger partial charge >= 0.3 is 0 Å². The molecule has 23 heavy (non-hydrogen) atoms. The highest BCUT2D eigenvalue weighted by Gasteiger charge is 2.06. The van der Waals surface area contributed by atoms with Gasteiger partial charge < -0.3 is 20.5 Å². The number of hydrogen-bond acceptors (Lipinski definition) is 4. The number of nitrogens with two attached hydrogens (primary N) is 1. The van der Waals surface area contributed by atoms with E-state index in [0.29, 0.717) is 6.04 Å². The first kappa shape index (κ1) is 17.2. The number of ether oxygens (including phenoxy) is 2. The van der Waals surface area contributed by atoms with Crippen molar-refractivity contribution in [3.8, 4) is 11.5 Å². The van der Waals surface area contributed by atoms with Crippen LogP contribution in [0.2, 0.25) is 0 Å². The average Bonchev–Trinajstić information content (AvgIpc) is 2.56. The minimum atomic E-state index is 0.416. The molecular weight excluding hydrogens is 288 g/mol. The normalized spacial score (nSPS) is 12.0. The molecule has 3 N–H and O–H groups in total. The minimum absolute atomic E-state index is 0.416. The van der Waals surface area contributed by atoms with Crippen LogP contribution in [0, 0.1) is 0 Å². The summed E-state index contributed by atoms with van der Waals surface area (Å²) >= 11 is 0. The smallest absolute Gasteiger partial charge is 0.160 e. The van der Waals surface area contributed by atoms with Crippen LogP contribution in [-0.2, 0) is 12.8 Å². The van der Waals surface area contributed by atoms with Crippen molar-refractivity contribution < 1.29 is 9.47 Å². The Morgan fingerprint density at radius 3 is 2.26 bits per heavy atom. The molecule has 0 radical (unpaired) electrons. The minimum Gasteiger partial charge on any atom is -0.493 e. The summed E-state index contributed by atoms with van der Waals surface area (Å²) in [5, 5.41) is 3.56.